The normalized spacial score (nSPS) is 12.1. The Morgan fingerprint density at radius 1 is 1.25 bits per heavy atom. The van der Waals surface area contributed by atoms with Crippen molar-refractivity contribution < 1.29 is 14.5 Å². The molecule has 0 radical (unpaired) electrons. The molecule has 1 aliphatic heterocycles. The Morgan fingerprint density at radius 2 is 2.04 bits per heavy atom. The van der Waals surface area contributed by atoms with Gasteiger partial charge in [0, 0.05) is 18.2 Å². The molecule has 0 atom stereocenters. The Hall–Kier alpha value is -3.62. The summed E-state index contributed by atoms with van der Waals surface area (Å²) in [7, 11) is 1.42. The standard InChI is InChI=1S/C15H8N4O5/c1-24-12-5-8-10(6-16-12)17-14-13(20)9-4-7(19(22)23)2-3-11(9)18(14)15(8)21/h2-6H,1H3. The number of ether oxygens (including phenoxy) is 1. The number of fused-ring (bicyclic) bond motifs is 4. The third kappa shape index (κ3) is 1.75. The van der Waals surface area contributed by atoms with Crippen LogP contribution < -0.4 is 10.3 Å². The van der Waals surface area contributed by atoms with Gasteiger partial charge in [0.15, 0.2) is 5.82 Å². The van der Waals surface area contributed by atoms with Crippen molar-refractivity contribution in [2.45, 2.75) is 0 Å². The summed E-state index contributed by atoms with van der Waals surface area (Å²) in [5.74, 6) is -0.381. The number of benzene rings is 1. The monoisotopic (exact) mass is 324 g/mol. The average molecular weight is 324 g/mol. The van der Waals surface area contributed by atoms with Gasteiger partial charge >= 0.3 is 0 Å². The van der Waals surface area contributed by atoms with E-state index < -0.39 is 16.3 Å². The summed E-state index contributed by atoms with van der Waals surface area (Å²) >= 11 is 0. The summed E-state index contributed by atoms with van der Waals surface area (Å²) in [6.07, 6.45) is 1.34. The Balaban J connectivity index is 2.06. The molecule has 0 fully saturated rings. The fraction of sp³-hybridized carbons (Fsp3) is 0.0667. The molecule has 0 aliphatic carbocycles. The van der Waals surface area contributed by atoms with Gasteiger partial charge in [0.2, 0.25) is 11.7 Å². The minimum absolute atomic E-state index is 0.0732. The van der Waals surface area contributed by atoms with Crippen molar-refractivity contribution in [1.29, 1.82) is 0 Å². The predicted octanol–water partition coefficient (Wildman–Crippen LogP) is 1.24. The minimum Gasteiger partial charge on any atom is -0.481 e. The second kappa shape index (κ2) is 4.69. The smallest absolute Gasteiger partial charge is 0.270 e. The first kappa shape index (κ1) is 14.0. The molecular formula is C15H8N4O5. The highest BCUT2D eigenvalue weighted by molar-refractivity contribution is 6.13. The molecule has 24 heavy (non-hydrogen) atoms. The van der Waals surface area contributed by atoms with Gasteiger partial charge in [-0.25, -0.2) is 9.97 Å². The molecule has 1 aromatic carbocycles. The molecule has 0 saturated carbocycles. The van der Waals surface area contributed by atoms with E-state index in [0.717, 1.165) is 10.6 Å². The molecule has 0 saturated heterocycles. The quantitative estimate of drug-likeness (QED) is 0.402. The number of ketones is 1. The summed E-state index contributed by atoms with van der Waals surface area (Å²) in [5.41, 5.74) is -0.0879. The number of nitro benzene ring substituents is 1. The maximum atomic E-state index is 12.8. The number of hydrogen-bond acceptors (Lipinski definition) is 7. The predicted molar refractivity (Wildman–Crippen MR) is 81.8 cm³/mol. The van der Waals surface area contributed by atoms with Gasteiger partial charge in [-0.2, -0.15) is 0 Å². The maximum absolute atomic E-state index is 12.8. The average Bonchev–Trinajstić information content (AvgIpc) is 2.87. The van der Waals surface area contributed by atoms with Gasteiger partial charge in [0.05, 0.1) is 40.4 Å². The van der Waals surface area contributed by atoms with E-state index in [2.05, 4.69) is 9.97 Å². The summed E-state index contributed by atoms with van der Waals surface area (Å²) in [6, 6.07) is 5.20. The summed E-state index contributed by atoms with van der Waals surface area (Å²) in [4.78, 5) is 43.7. The van der Waals surface area contributed by atoms with Crippen molar-refractivity contribution in [1.82, 2.24) is 14.5 Å². The lowest BCUT2D eigenvalue weighted by Gasteiger charge is -2.06. The van der Waals surface area contributed by atoms with Crippen molar-refractivity contribution >= 4 is 22.4 Å². The van der Waals surface area contributed by atoms with E-state index in [1.807, 2.05) is 0 Å². The highest BCUT2D eigenvalue weighted by atomic mass is 16.6. The number of carbonyl (C=O) groups excluding carboxylic acids is 1. The van der Waals surface area contributed by atoms with Crippen LogP contribution in [0.4, 0.5) is 5.69 Å². The lowest BCUT2D eigenvalue weighted by molar-refractivity contribution is -0.384. The molecule has 9 heteroatoms. The van der Waals surface area contributed by atoms with Crippen LogP contribution >= 0.6 is 0 Å². The first-order chi connectivity index (χ1) is 11.5. The summed E-state index contributed by atoms with van der Waals surface area (Å²) in [5, 5.41) is 11.1. The fourth-order valence-corrected chi connectivity index (χ4v) is 2.69. The third-order valence-electron chi connectivity index (χ3n) is 3.82. The van der Waals surface area contributed by atoms with E-state index in [0.29, 0.717) is 0 Å². The van der Waals surface area contributed by atoms with E-state index in [1.165, 1.54) is 31.5 Å². The maximum Gasteiger partial charge on any atom is 0.270 e. The molecule has 0 bridgehead atoms. The zero-order valence-electron chi connectivity index (χ0n) is 12.2. The van der Waals surface area contributed by atoms with Crippen molar-refractivity contribution in [3.8, 4) is 11.6 Å². The number of rotatable bonds is 2. The molecule has 0 spiro atoms. The van der Waals surface area contributed by atoms with Gasteiger partial charge in [-0.15, -0.1) is 0 Å². The SMILES string of the molecule is COc1cc2c(=O)n3c(nc2cn1)C(=O)c1cc([N+](=O)[O-])ccc1-3. The number of non-ortho nitro benzene ring substituents is 1. The number of aromatic nitrogens is 3. The number of nitro groups is 1. The van der Waals surface area contributed by atoms with Gasteiger partial charge in [-0.3, -0.25) is 24.3 Å². The van der Waals surface area contributed by atoms with Crippen LogP contribution in [-0.4, -0.2) is 32.4 Å². The van der Waals surface area contributed by atoms with Crippen LogP contribution in [0.2, 0.25) is 0 Å². The summed E-state index contributed by atoms with van der Waals surface area (Å²) < 4.78 is 6.16. The van der Waals surface area contributed by atoms with Crippen molar-refractivity contribution in [2.24, 2.45) is 0 Å². The van der Waals surface area contributed by atoms with Gasteiger partial charge in [0.1, 0.15) is 0 Å². The lowest BCUT2D eigenvalue weighted by atomic mass is 10.1. The number of hydrogen-bond donors (Lipinski definition) is 0. The van der Waals surface area contributed by atoms with Gasteiger partial charge in [-0.05, 0) is 6.07 Å². The Morgan fingerprint density at radius 3 is 2.75 bits per heavy atom. The zero-order chi connectivity index (χ0) is 17.0. The highest BCUT2D eigenvalue weighted by Gasteiger charge is 2.32. The van der Waals surface area contributed by atoms with Crippen LogP contribution in [0.25, 0.3) is 16.6 Å². The molecule has 0 unspecified atom stereocenters. The molecule has 9 nitrogen and oxygen atoms in total. The van der Waals surface area contributed by atoms with E-state index in [1.54, 1.807) is 0 Å². The van der Waals surface area contributed by atoms with Crippen LogP contribution in [0.1, 0.15) is 16.2 Å². The molecule has 1 aliphatic rings. The van der Waals surface area contributed by atoms with Crippen molar-refractivity contribution in [2.75, 3.05) is 7.11 Å². The molecule has 3 aromatic rings. The number of nitrogens with zero attached hydrogens (tertiary/aromatic N) is 4. The van der Waals surface area contributed by atoms with E-state index >= 15 is 0 Å². The fourth-order valence-electron chi connectivity index (χ4n) is 2.69. The van der Waals surface area contributed by atoms with Gasteiger partial charge < -0.3 is 4.74 Å². The zero-order valence-corrected chi connectivity index (χ0v) is 12.2. The van der Waals surface area contributed by atoms with Crippen LogP contribution in [0, 0.1) is 10.1 Å². The summed E-state index contributed by atoms with van der Waals surface area (Å²) in [6.45, 7) is 0. The molecular weight excluding hydrogens is 316 g/mol. The second-order valence-corrected chi connectivity index (χ2v) is 5.11. The van der Waals surface area contributed by atoms with E-state index in [-0.39, 0.29) is 39.5 Å². The van der Waals surface area contributed by atoms with Crippen LogP contribution in [0.5, 0.6) is 5.88 Å². The van der Waals surface area contributed by atoms with Gasteiger partial charge in [-0.1, -0.05) is 0 Å². The number of methoxy groups -OCH3 is 1. The van der Waals surface area contributed by atoms with E-state index in [4.69, 9.17) is 4.74 Å². The topological polar surface area (TPSA) is 117 Å². The van der Waals surface area contributed by atoms with E-state index in [9.17, 15) is 19.7 Å². The second-order valence-electron chi connectivity index (χ2n) is 5.11. The molecule has 2 aromatic heterocycles. The Kier molecular flexibility index (Phi) is 2.73. The largest absolute Gasteiger partial charge is 0.481 e. The molecule has 3 heterocycles. The highest BCUT2D eigenvalue weighted by Crippen LogP contribution is 2.29. The molecule has 4 rings (SSSR count). The third-order valence-corrected chi connectivity index (χ3v) is 3.82. The van der Waals surface area contributed by atoms with Crippen LogP contribution in [0.15, 0.2) is 35.3 Å². The number of pyridine rings is 1. The van der Waals surface area contributed by atoms with Crippen molar-refractivity contribution in [3.05, 3.63) is 62.3 Å². The van der Waals surface area contributed by atoms with Crippen LogP contribution in [0.3, 0.4) is 0 Å². The minimum atomic E-state index is -0.599. The lowest BCUT2D eigenvalue weighted by Crippen LogP contribution is -2.21. The number of carbonyl (C=O) groups is 1. The van der Waals surface area contributed by atoms with Gasteiger partial charge in [0.25, 0.3) is 11.2 Å². The first-order valence-electron chi connectivity index (χ1n) is 6.81. The molecule has 118 valence electrons. The van der Waals surface area contributed by atoms with Crippen molar-refractivity contribution in [3.63, 3.8) is 0 Å². The molecule has 0 N–H and O–H groups in total. The Labute approximate surface area is 133 Å². The van der Waals surface area contributed by atoms with Crippen LogP contribution in [-0.2, 0) is 0 Å². The molecule has 0 amide bonds. The first-order valence-corrected chi connectivity index (χ1v) is 6.81. The Bertz CT molecular complexity index is 1120.